The Morgan fingerprint density at radius 1 is 0.328 bits per heavy atom. The van der Waals surface area contributed by atoms with E-state index in [1.165, 1.54) is 245 Å². The van der Waals surface area contributed by atoms with Crippen molar-refractivity contribution in [2.45, 2.75) is 311 Å². The predicted octanol–water partition coefficient (Wildman–Crippen LogP) is 21.0. The van der Waals surface area contributed by atoms with Gasteiger partial charge in [0.1, 0.15) is 0 Å². The van der Waals surface area contributed by atoms with Crippen LogP contribution >= 0.6 is 0 Å². The van der Waals surface area contributed by atoms with E-state index in [9.17, 15) is 4.79 Å². The van der Waals surface area contributed by atoms with E-state index in [0.29, 0.717) is 42.6 Å². The molecule has 394 valence electrons. The first-order chi connectivity index (χ1) is 32.7. The molecular weight excluding hydrogens is 825 g/mol. The minimum Gasteiger partial charge on any atom is -0.490 e. The molecule has 0 bridgehead atoms. The molecule has 0 heterocycles. The van der Waals surface area contributed by atoms with Gasteiger partial charge in [0, 0.05) is 0 Å². The maximum Gasteiger partial charge on any atom is 0.338 e. The zero-order valence-electron chi connectivity index (χ0n) is 46.2. The van der Waals surface area contributed by atoms with Crippen LogP contribution in [0.2, 0.25) is 0 Å². The van der Waals surface area contributed by atoms with Gasteiger partial charge in [-0.05, 0) is 49.1 Å². The first kappa shape index (κ1) is 63.1. The molecule has 0 aliphatic heterocycles. The van der Waals surface area contributed by atoms with Crippen molar-refractivity contribution in [3.05, 3.63) is 17.7 Å². The zero-order valence-corrected chi connectivity index (χ0v) is 46.2. The highest BCUT2D eigenvalue weighted by Crippen LogP contribution is 2.40. The van der Waals surface area contributed by atoms with Gasteiger partial charge in [0.2, 0.25) is 5.75 Å². The predicted molar refractivity (Wildman–Crippen MR) is 293 cm³/mol. The molecule has 5 heteroatoms. The number of carbonyl (C=O) groups excluding carboxylic acids is 1. The first-order valence-electron chi connectivity index (χ1n) is 29.9. The molecule has 0 saturated heterocycles. The summed E-state index contributed by atoms with van der Waals surface area (Å²) in [4.78, 5) is 12.8. The maximum absolute atomic E-state index is 12.8. The van der Waals surface area contributed by atoms with E-state index in [2.05, 4.69) is 41.5 Å². The fourth-order valence-electron chi connectivity index (χ4n) is 9.51. The Balaban J connectivity index is 2.52. The molecule has 0 spiro atoms. The summed E-state index contributed by atoms with van der Waals surface area (Å²) in [5, 5.41) is 0. The van der Waals surface area contributed by atoms with Crippen LogP contribution in [0.15, 0.2) is 12.1 Å². The van der Waals surface area contributed by atoms with E-state index in [4.69, 9.17) is 18.9 Å². The molecule has 0 aliphatic rings. The second-order valence-corrected chi connectivity index (χ2v) is 22.2. The summed E-state index contributed by atoms with van der Waals surface area (Å²) in [7, 11) is 1.44. The van der Waals surface area contributed by atoms with Crippen molar-refractivity contribution in [2.24, 2.45) is 17.8 Å². The van der Waals surface area contributed by atoms with Gasteiger partial charge in [0.15, 0.2) is 11.5 Å². The molecule has 0 atom stereocenters. The molecule has 1 aromatic rings. The van der Waals surface area contributed by atoms with Crippen molar-refractivity contribution >= 4 is 5.97 Å². The van der Waals surface area contributed by atoms with Crippen molar-refractivity contribution in [3.8, 4) is 17.2 Å². The lowest BCUT2D eigenvalue weighted by atomic mass is 10.0. The van der Waals surface area contributed by atoms with Crippen LogP contribution in [0, 0.1) is 17.8 Å². The number of methoxy groups -OCH3 is 1. The summed E-state index contributed by atoms with van der Waals surface area (Å²) < 4.78 is 24.6. The van der Waals surface area contributed by atoms with Gasteiger partial charge in [0.25, 0.3) is 0 Å². The zero-order chi connectivity index (χ0) is 48.7. The van der Waals surface area contributed by atoms with Crippen LogP contribution in [-0.4, -0.2) is 32.9 Å². The molecule has 0 N–H and O–H groups in total. The lowest BCUT2D eigenvalue weighted by molar-refractivity contribution is 0.0599. The van der Waals surface area contributed by atoms with Gasteiger partial charge in [0.05, 0.1) is 32.5 Å². The Labute approximate surface area is 418 Å². The van der Waals surface area contributed by atoms with Gasteiger partial charge in [-0.3, -0.25) is 0 Å². The number of benzene rings is 1. The maximum atomic E-state index is 12.8. The van der Waals surface area contributed by atoms with E-state index in [0.717, 1.165) is 49.9 Å². The van der Waals surface area contributed by atoms with Gasteiger partial charge in [-0.2, -0.15) is 0 Å². The number of hydrogen-bond donors (Lipinski definition) is 0. The molecular formula is C62H116O5. The van der Waals surface area contributed by atoms with E-state index >= 15 is 0 Å². The SMILES string of the molecule is COC(=O)c1cc(OCCCCCCCCCCCCCCCC(C)C)c(OCCCCCCCCCCCCCCCC(C)C)c(OCCCCCCCCCCCCCCCC(C)C)c1. The molecule has 0 saturated carbocycles. The quantitative estimate of drug-likeness (QED) is 0.0481. The largest absolute Gasteiger partial charge is 0.490 e. The highest BCUT2D eigenvalue weighted by molar-refractivity contribution is 5.91. The van der Waals surface area contributed by atoms with Crippen LogP contribution in [0.1, 0.15) is 322 Å². The molecule has 1 aromatic carbocycles. The van der Waals surface area contributed by atoms with Gasteiger partial charge in [-0.15, -0.1) is 0 Å². The molecule has 0 unspecified atom stereocenters. The Kier molecular flexibility index (Phi) is 45.0. The molecule has 0 amide bonds. The number of carbonyl (C=O) groups is 1. The summed E-state index contributed by atoms with van der Waals surface area (Å²) in [6.07, 6.45) is 56.0. The molecule has 0 aliphatic carbocycles. The smallest absolute Gasteiger partial charge is 0.338 e. The van der Waals surface area contributed by atoms with Crippen LogP contribution in [0.3, 0.4) is 0 Å². The first-order valence-corrected chi connectivity index (χ1v) is 29.9. The monoisotopic (exact) mass is 941 g/mol. The number of hydrogen-bond acceptors (Lipinski definition) is 5. The number of rotatable bonds is 52. The summed E-state index contributed by atoms with van der Waals surface area (Å²) in [5.74, 6) is 4.05. The lowest BCUT2D eigenvalue weighted by Gasteiger charge is -2.18. The van der Waals surface area contributed by atoms with Crippen LogP contribution in [0.4, 0.5) is 0 Å². The summed E-state index contributed by atoms with van der Waals surface area (Å²) in [6, 6.07) is 3.61. The average molecular weight is 942 g/mol. The lowest BCUT2D eigenvalue weighted by Crippen LogP contribution is -2.09. The normalized spacial score (nSPS) is 11.7. The summed E-state index contributed by atoms with van der Waals surface area (Å²) >= 11 is 0. The average Bonchev–Trinajstić information content (AvgIpc) is 3.30. The van der Waals surface area contributed by atoms with Gasteiger partial charge in [-0.1, -0.05) is 292 Å². The second-order valence-electron chi connectivity index (χ2n) is 22.2. The third-order valence-electron chi connectivity index (χ3n) is 14.0. The van der Waals surface area contributed by atoms with Crippen molar-refractivity contribution < 1.29 is 23.7 Å². The Morgan fingerprint density at radius 3 is 0.761 bits per heavy atom. The van der Waals surface area contributed by atoms with E-state index in [1.807, 2.05) is 0 Å². The molecule has 0 radical (unpaired) electrons. The van der Waals surface area contributed by atoms with E-state index in [1.54, 1.807) is 12.1 Å². The van der Waals surface area contributed by atoms with Gasteiger partial charge in [-0.25, -0.2) is 4.79 Å². The van der Waals surface area contributed by atoms with Gasteiger partial charge >= 0.3 is 5.97 Å². The van der Waals surface area contributed by atoms with E-state index < -0.39 is 0 Å². The van der Waals surface area contributed by atoms with Crippen molar-refractivity contribution in [1.82, 2.24) is 0 Å². The Bertz CT molecular complexity index is 1130. The van der Waals surface area contributed by atoms with Crippen molar-refractivity contribution in [3.63, 3.8) is 0 Å². The van der Waals surface area contributed by atoms with Crippen LogP contribution in [0.5, 0.6) is 17.2 Å². The topological polar surface area (TPSA) is 54.0 Å². The summed E-state index contributed by atoms with van der Waals surface area (Å²) in [5.41, 5.74) is 0.457. The highest BCUT2D eigenvalue weighted by atomic mass is 16.5. The highest BCUT2D eigenvalue weighted by Gasteiger charge is 2.20. The third-order valence-corrected chi connectivity index (χ3v) is 14.0. The molecule has 0 fully saturated rings. The molecule has 1 rings (SSSR count). The fourth-order valence-corrected chi connectivity index (χ4v) is 9.51. The number of esters is 1. The standard InChI is InChI=1S/C62H116O5/c1-55(2)47-41-35-29-23-17-11-8-14-20-26-32-38-44-50-65-59-53-58(62(63)64-7)54-60(66-51-45-39-33-27-21-15-9-12-18-24-30-36-42-48-56(3)4)61(59)67-52-46-40-34-28-22-16-10-13-19-25-31-37-43-49-57(5)6/h53-57H,8-52H2,1-7H3. The van der Waals surface area contributed by atoms with E-state index in [-0.39, 0.29) is 5.97 Å². The molecule has 5 nitrogen and oxygen atoms in total. The minimum absolute atomic E-state index is 0.373. The number of unbranched alkanes of at least 4 members (excludes halogenated alkanes) is 36. The second kappa shape index (κ2) is 47.8. The van der Waals surface area contributed by atoms with Gasteiger partial charge < -0.3 is 18.9 Å². The van der Waals surface area contributed by atoms with Crippen molar-refractivity contribution in [2.75, 3.05) is 26.9 Å². The third kappa shape index (κ3) is 41.6. The van der Waals surface area contributed by atoms with Crippen LogP contribution < -0.4 is 14.2 Å². The Morgan fingerprint density at radius 2 is 0.537 bits per heavy atom. The van der Waals surface area contributed by atoms with Crippen molar-refractivity contribution in [1.29, 1.82) is 0 Å². The molecule has 0 aromatic heterocycles. The fraction of sp³-hybridized carbons (Fsp3) is 0.887. The molecule has 67 heavy (non-hydrogen) atoms. The van der Waals surface area contributed by atoms with Crippen LogP contribution in [0.25, 0.3) is 0 Å². The summed E-state index contributed by atoms with van der Waals surface area (Å²) in [6.45, 7) is 15.8. The van der Waals surface area contributed by atoms with Crippen LogP contribution in [-0.2, 0) is 4.74 Å². The Hall–Kier alpha value is -1.91. The minimum atomic E-state index is -0.373. The number of ether oxygens (including phenoxy) is 4.